The second-order valence-corrected chi connectivity index (χ2v) is 5.94. The van der Waals surface area contributed by atoms with Crippen LogP contribution >= 0.6 is 0 Å². The highest BCUT2D eigenvalue weighted by atomic mass is 19.4. The zero-order valence-electron chi connectivity index (χ0n) is 13.1. The second-order valence-electron chi connectivity index (χ2n) is 5.94. The van der Waals surface area contributed by atoms with Crippen LogP contribution in [0.1, 0.15) is 18.9 Å². The van der Waals surface area contributed by atoms with E-state index in [1.54, 1.807) is 0 Å². The molecule has 1 fully saturated rings. The van der Waals surface area contributed by atoms with E-state index >= 15 is 0 Å². The van der Waals surface area contributed by atoms with Crippen molar-refractivity contribution in [2.45, 2.75) is 19.5 Å². The Kier molecular flexibility index (Phi) is 5.82. The molecule has 3 nitrogen and oxygen atoms in total. The Bertz CT molecular complexity index is 555. The first-order chi connectivity index (χ1) is 10.8. The van der Waals surface area contributed by atoms with Gasteiger partial charge in [-0.15, -0.1) is 0 Å². The van der Waals surface area contributed by atoms with E-state index in [1.807, 2.05) is 37.3 Å². The number of carbonyl (C=O) groups excluding carboxylic acids is 1. The molecule has 0 aliphatic carbocycles. The van der Waals surface area contributed by atoms with Crippen molar-refractivity contribution in [1.29, 1.82) is 0 Å². The summed E-state index contributed by atoms with van der Waals surface area (Å²) in [5.41, 5.74) is 1.83. The highest BCUT2D eigenvalue weighted by molar-refractivity contribution is 5.94. The molecule has 1 aromatic rings. The summed E-state index contributed by atoms with van der Waals surface area (Å²) < 4.78 is 37.0. The average molecular weight is 326 g/mol. The fraction of sp³-hybridized carbons (Fsp3) is 0.471. The molecule has 1 saturated heterocycles. The van der Waals surface area contributed by atoms with Gasteiger partial charge in [0, 0.05) is 19.2 Å². The number of halogens is 3. The zero-order valence-corrected chi connectivity index (χ0v) is 13.1. The Hall–Kier alpha value is -1.82. The molecule has 0 radical (unpaired) electrons. The van der Waals surface area contributed by atoms with Gasteiger partial charge in [-0.25, -0.2) is 0 Å². The van der Waals surface area contributed by atoms with Crippen molar-refractivity contribution in [3.8, 4) is 0 Å². The van der Waals surface area contributed by atoms with Gasteiger partial charge in [-0.2, -0.15) is 13.2 Å². The number of alkyl halides is 3. The number of nitrogens with one attached hydrogen (secondary N) is 1. The summed E-state index contributed by atoms with van der Waals surface area (Å²) >= 11 is 0. The van der Waals surface area contributed by atoms with Gasteiger partial charge in [-0.05, 0) is 36.9 Å². The van der Waals surface area contributed by atoms with Gasteiger partial charge in [-0.1, -0.05) is 30.3 Å². The third kappa shape index (κ3) is 6.06. The van der Waals surface area contributed by atoms with Gasteiger partial charge in [0.1, 0.15) is 0 Å². The quantitative estimate of drug-likeness (QED) is 0.844. The van der Waals surface area contributed by atoms with E-state index in [0.29, 0.717) is 26.1 Å². The summed E-state index contributed by atoms with van der Waals surface area (Å²) in [5.74, 6) is -0.132. The van der Waals surface area contributed by atoms with Gasteiger partial charge in [0.25, 0.3) is 0 Å². The van der Waals surface area contributed by atoms with E-state index in [2.05, 4.69) is 5.32 Å². The number of hydrogen-bond donors (Lipinski definition) is 1. The lowest BCUT2D eigenvalue weighted by molar-refractivity contribution is -0.143. The van der Waals surface area contributed by atoms with E-state index < -0.39 is 12.7 Å². The van der Waals surface area contributed by atoms with Gasteiger partial charge >= 0.3 is 6.18 Å². The maximum atomic E-state index is 12.3. The molecule has 126 valence electrons. The van der Waals surface area contributed by atoms with Crippen LogP contribution in [0.4, 0.5) is 13.2 Å². The van der Waals surface area contributed by atoms with Crippen LogP contribution in [0.5, 0.6) is 0 Å². The molecule has 1 amide bonds. The van der Waals surface area contributed by atoms with Crippen LogP contribution in [0, 0.1) is 5.92 Å². The van der Waals surface area contributed by atoms with Gasteiger partial charge < -0.3 is 5.32 Å². The van der Waals surface area contributed by atoms with Crippen molar-refractivity contribution in [2.24, 2.45) is 5.92 Å². The van der Waals surface area contributed by atoms with Crippen LogP contribution in [0.3, 0.4) is 0 Å². The van der Waals surface area contributed by atoms with E-state index in [9.17, 15) is 18.0 Å². The van der Waals surface area contributed by atoms with E-state index in [0.717, 1.165) is 11.1 Å². The summed E-state index contributed by atoms with van der Waals surface area (Å²) in [6.07, 6.45) is -1.96. The monoisotopic (exact) mass is 326 g/mol. The van der Waals surface area contributed by atoms with Gasteiger partial charge in [0.05, 0.1) is 6.54 Å². The standard InChI is InChI=1S/C17H21F3N2O/c1-13(15-5-3-2-4-6-15)9-16(23)21-10-14-7-8-22(11-14)12-17(18,19)20/h2-6,9,14H,7-8,10-12H2,1H3,(H,21,23)/b13-9+/t14-/m0/s1. The molecule has 0 spiro atoms. The number of benzene rings is 1. The Morgan fingerprint density at radius 3 is 2.70 bits per heavy atom. The molecule has 1 heterocycles. The predicted molar refractivity (Wildman–Crippen MR) is 83.7 cm³/mol. The minimum atomic E-state index is -4.16. The summed E-state index contributed by atoms with van der Waals surface area (Å²) in [4.78, 5) is 13.3. The SMILES string of the molecule is C/C(=C\C(=O)NC[C@@H]1CCN(CC(F)(F)F)C1)c1ccccc1. The molecule has 23 heavy (non-hydrogen) atoms. The van der Waals surface area contributed by atoms with E-state index in [-0.39, 0.29) is 11.8 Å². The Labute approximate surface area is 134 Å². The Balaban J connectivity index is 1.77. The second kappa shape index (κ2) is 7.64. The summed E-state index contributed by atoms with van der Waals surface area (Å²) in [6, 6.07) is 9.55. The molecule has 1 aromatic carbocycles. The minimum absolute atomic E-state index is 0.0757. The van der Waals surface area contributed by atoms with Crippen LogP contribution in [0.25, 0.3) is 5.57 Å². The zero-order chi connectivity index (χ0) is 16.9. The average Bonchev–Trinajstić information content (AvgIpc) is 2.91. The molecule has 0 bridgehead atoms. The highest BCUT2D eigenvalue weighted by Crippen LogP contribution is 2.22. The van der Waals surface area contributed by atoms with Crippen molar-refractivity contribution in [3.63, 3.8) is 0 Å². The smallest absolute Gasteiger partial charge is 0.352 e. The number of carbonyl (C=O) groups is 1. The molecular formula is C17H21F3N2O. The third-order valence-electron chi connectivity index (χ3n) is 3.91. The molecule has 6 heteroatoms. The van der Waals surface area contributed by atoms with Crippen LogP contribution < -0.4 is 5.32 Å². The number of allylic oxidation sites excluding steroid dienone is 1. The Morgan fingerprint density at radius 1 is 1.35 bits per heavy atom. The number of rotatable bonds is 5. The first-order valence-corrected chi connectivity index (χ1v) is 7.64. The summed E-state index contributed by atoms with van der Waals surface area (Å²) in [6.45, 7) is 2.20. The summed E-state index contributed by atoms with van der Waals surface area (Å²) in [5, 5.41) is 2.79. The lowest BCUT2D eigenvalue weighted by Gasteiger charge is -2.17. The predicted octanol–water partition coefficient (Wildman–Crippen LogP) is 3.09. The minimum Gasteiger partial charge on any atom is -0.352 e. The molecule has 0 unspecified atom stereocenters. The van der Waals surface area contributed by atoms with E-state index in [1.165, 1.54) is 11.0 Å². The van der Waals surface area contributed by atoms with Crippen LogP contribution in [-0.2, 0) is 4.79 Å². The molecular weight excluding hydrogens is 305 g/mol. The molecule has 2 rings (SSSR count). The van der Waals surface area contributed by atoms with Gasteiger partial charge in [0.2, 0.25) is 5.91 Å². The third-order valence-corrected chi connectivity index (χ3v) is 3.91. The maximum Gasteiger partial charge on any atom is 0.401 e. The van der Waals surface area contributed by atoms with E-state index in [4.69, 9.17) is 0 Å². The maximum absolute atomic E-state index is 12.3. The van der Waals surface area contributed by atoms with Crippen molar-refractivity contribution >= 4 is 11.5 Å². The molecule has 1 N–H and O–H groups in total. The first-order valence-electron chi connectivity index (χ1n) is 7.64. The fourth-order valence-corrected chi connectivity index (χ4v) is 2.75. The van der Waals surface area contributed by atoms with Crippen LogP contribution in [0.2, 0.25) is 0 Å². The van der Waals surface area contributed by atoms with Gasteiger partial charge in [0.15, 0.2) is 0 Å². The number of hydrogen-bond acceptors (Lipinski definition) is 2. The fourth-order valence-electron chi connectivity index (χ4n) is 2.75. The number of likely N-dealkylation sites (tertiary alicyclic amines) is 1. The first kappa shape index (κ1) is 17.5. The number of nitrogens with zero attached hydrogens (tertiary/aromatic N) is 1. The van der Waals surface area contributed by atoms with Gasteiger partial charge in [-0.3, -0.25) is 9.69 Å². The number of amides is 1. The van der Waals surface area contributed by atoms with Crippen LogP contribution in [-0.4, -0.2) is 43.2 Å². The van der Waals surface area contributed by atoms with Crippen LogP contribution in [0.15, 0.2) is 36.4 Å². The highest BCUT2D eigenvalue weighted by Gasteiger charge is 2.34. The molecule has 1 aliphatic rings. The lowest BCUT2D eigenvalue weighted by Crippen LogP contribution is -2.34. The van der Waals surface area contributed by atoms with Crippen molar-refractivity contribution < 1.29 is 18.0 Å². The molecule has 1 atom stereocenters. The summed E-state index contributed by atoms with van der Waals surface area (Å²) in [7, 11) is 0. The molecule has 1 aliphatic heterocycles. The largest absolute Gasteiger partial charge is 0.401 e. The van der Waals surface area contributed by atoms with Crippen molar-refractivity contribution in [2.75, 3.05) is 26.2 Å². The normalized spacial score (nSPS) is 19.8. The Morgan fingerprint density at radius 2 is 2.04 bits per heavy atom. The lowest BCUT2D eigenvalue weighted by atomic mass is 10.1. The van der Waals surface area contributed by atoms with Crippen molar-refractivity contribution in [3.05, 3.63) is 42.0 Å². The van der Waals surface area contributed by atoms with Crippen molar-refractivity contribution in [1.82, 2.24) is 10.2 Å². The topological polar surface area (TPSA) is 32.3 Å². The molecule has 0 saturated carbocycles. The molecule has 0 aromatic heterocycles.